The minimum absolute atomic E-state index is 0.247. The van der Waals surface area contributed by atoms with Crippen molar-refractivity contribution in [2.24, 2.45) is 5.11 Å². The second kappa shape index (κ2) is 4.17. The zero-order valence-corrected chi connectivity index (χ0v) is 6.73. The number of hydrogen-bond donors (Lipinski definition) is 2. The van der Waals surface area contributed by atoms with Gasteiger partial charge in [0.2, 0.25) is 0 Å². The molecule has 0 amide bonds. The van der Waals surface area contributed by atoms with Crippen LogP contribution in [0.15, 0.2) is 14.7 Å². The average molecular weight is 184 g/mol. The maximum atomic E-state index is 10.9. The fraction of sp³-hybridized carbons (Fsp3) is 0.600. The van der Waals surface area contributed by atoms with Crippen molar-refractivity contribution < 1.29 is 0 Å². The van der Waals surface area contributed by atoms with E-state index < -0.39 is 11.4 Å². The Bertz CT molecular complexity index is 391. The molecule has 0 saturated carbocycles. The second-order valence-corrected chi connectivity index (χ2v) is 2.32. The van der Waals surface area contributed by atoms with Gasteiger partial charge >= 0.3 is 11.4 Å². The molecule has 2 N–H and O–H groups in total. The first kappa shape index (κ1) is 9.14. The Morgan fingerprint density at radius 1 is 1.38 bits per heavy atom. The van der Waals surface area contributed by atoms with Crippen molar-refractivity contribution in [3.05, 3.63) is 31.4 Å². The van der Waals surface area contributed by atoms with Gasteiger partial charge in [0.25, 0.3) is 0 Å². The summed E-state index contributed by atoms with van der Waals surface area (Å²) in [5.74, 6) is 0. The highest BCUT2D eigenvalue weighted by molar-refractivity contribution is 4.65. The molecule has 0 unspecified atom stereocenters. The zero-order chi connectivity index (χ0) is 9.68. The summed E-state index contributed by atoms with van der Waals surface area (Å²) >= 11 is 0. The Hall–Kier alpha value is -1.95. The first-order valence-corrected chi connectivity index (χ1v) is 3.64. The molecular formula is C5H8N6O2. The zero-order valence-electron chi connectivity index (χ0n) is 6.73. The molecule has 0 radical (unpaired) electrons. The van der Waals surface area contributed by atoms with Crippen molar-refractivity contribution in [3.63, 3.8) is 0 Å². The van der Waals surface area contributed by atoms with Crippen LogP contribution in [0, 0.1) is 0 Å². The van der Waals surface area contributed by atoms with Crippen LogP contribution in [0.5, 0.6) is 0 Å². The van der Waals surface area contributed by atoms with E-state index in [0.717, 1.165) is 4.57 Å². The Morgan fingerprint density at radius 3 is 2.54 bits per heavy atom. The third kappa shape index (κ3) is 2.24. The van der Waals surface area contributed by atoms with Gasteiger partial charge < -0.3 is 0 Å². The molecule has 1 aromatic heterocycles. The lowest BCUT2D eigenvalue weighted by Crippen LogP contribution is -2.26. The van der Waals surface area contributed by atoms with Gasteiger partial charge in [0, 0.05) is 18.0 Å². The SMILES string of the molecule is [N-]=[N+]=NCCCn1c(=O)[nH][nH]c1=O. The summed E-state index contributed by atoms with van der Waals surface area (Å²) in [7, 11) is 0. The van der Waals surface area contributed by atoms with Crippen molar-refractivity contribution >= 4 is 0 Å². The first-order chi connectivity index (χ1) is 6.25. The molecule has 0 bridgehead atoms. The van der Waals surface area contributed by atoms with E-state index in [1.807, 2.05) is 0 Å². The average Bonchev–Trinajstić information content (AvgIpc) is 2.42. The summed E-state index contributed by atoms with van der Waals surface area (Å²) in [5, 5.41) is 7.56. The normalized spacial score (nSPS) is 9.54. The molecule has 8 nitrogen and oxygen atoms in total. The van der Waals surface area contributed by atoms with Crippen LogP contribution in [0.25, 0.3) is 10.4 Å². The number of rotatable bonds is 4. The molecule has 0 atom stereocenters. The smallest absolute Gasteiger partial charge is 0.247 e. The monoisotopic (exact) mass is 184 g/mol. The summed E-state index contributed by atoms with van der Waals surface area (Å²) in [4.78, 5) is 24.3. The van der Waals surface area contributed by atoms with Crippen molar-refractivity contribution in [1.82, 2.24) is 14.8 Å². The maximum Gasteiger partial charge on any atom is 0.344 e. The van der Waals surface area contributed by atoms with Crippen LogP contribution < -0.4 is 11.4 Å². The summed E-state index contributed by atoms with van der Waals surface area (Å²) in [6.07, 6.45) is 0.463. The van der Waals surface area contributed by atoms with E-state index in [-0.39, 0.29) is 13.1 Å². The maximum absolute atomic E-state index is 10.9. The molecule has 0 fully saturated rings. The van der Waals surface area contributed by atoms with Gasteiger partial charge in [-0.2, -0.15) is 0 Å². The molecule has 1 rings (SSSR count). The first-order valence-electron chi connectivity index (χ1n) is 3.64. The molecule has 0 aromatic carbocycles. The topological polar surface area (TPSA) is 119 Å². The van der Waals surface area contributed by atoms with Crippen molar-refractivity contribution in [2.75, 3.05) is 6.54 Å². The number of nitrogens with zero attached hydrogens (tertiary/aromatic N) is 4. The molecule has 0 spiro atoms. The molecule has 0 aliphatic rings. The van der Waals surface area contributed by atoms with Gasteiger partial charge in [-0.1, -0.05) is 5.11 Å². The largest absolute Gasteiger partial charge is 0.344 e. The van der Waals surface area contributed by atoms with Gasteiger partial charge in [-0.15, -0.1) is 0 Å². The third-order valence-electron chi connectivity index (χ3n) is 1.47. The quantitative estimate of drug-likeness (QED) is 0.285. The molecule has 0 aliphatic heterocycles. The Kier molecular flexibility index (Phi) is 2.93. The molecule has 1 aromatic rings. The lowest BCUT2D eigenvalue weighted by molar-refractivity contribution is 0.613. The predicted molar refractivity (Wildman–Crippen MR) is 44.3 cm³/mol. The molecular weight excluding hydrogens is 176 g/mol. The van der Waals surface area contributed by atoms with E-state index in [1.54, 1.807) is 0 Å². The van der Waals surface area contributed by atoms with E-state index in [4.69, 9.17) is 5.53 Å². The van der Waals surface area contributed by atoms with Crippen LogP contribution >= 0.6 is 0 Å². The molecule has 13 heavy (non-hydrogen) atoms. The van der Waals surface area contributed by atoms with E-state index in [9.17, 15) is 9.59 Å². The number of aromatic amines is 2. The van der Waals surface area contributed by atoms with Crippen molar-refractivity contribution in [1.29, 1.82) is 0 Å². The van der Waals surface area contributed by atoms with Crippen LogP contribution in [-0.2, 0) is 6.54 Å². The number of aromatic nitrogens is 3. The number of nitrogens with one attached hydrogen (secondary N) is 2. The van der Waals surface area contributed by atoms with Gasteiger partial charge in [-0.05, 0) is 12.0 Å². The summed E-state index contributed by atoms with van der Waals surface area (Å²) in [6.45, 7) is 0.518. The summed E-state index contributed by atoms with van der Waals surface area (Å²) < 4.78 is 1.01. The summed E-state index contributed by atoms with van der Waals surface area (Å²) in [6, 6.07) is 0. The van der Waals surface area contributed by atoms with Crippen molar-refractivity contribution in [3.8, 4) is 0 Å². The molecule has 70 valence electrons. The van der Waals surface area contributed by atoms with Crippen LogP contribution in [-0.4, -0.2) is 21.3 Å². The van der Waals surface area contributed by atoms with Gasteiger partial charge in [0.05, 0.1) is 0 Å². The Morgan fingerprint density at radius 2 is 2.00 bits per heavy atom. The minimum atomic E-state index is -0.481. The van der Waals surface area contributed by atoms with Crippen LogP contribution in [0.3, 0.4) is 0 Å². The van der Waals surface area contributed by atoms with Gasteiger partial charge in [-0.3, -0.25) is 0 Å². The number of azide groups is 1. The van der Waals surface area contributed by atoms with Gasteiger partial charge in [0.15, 0.2) is 0 Å². The second-order valence-electron chi connectivity index (χ2n) is 2.32. The Balaban J connectivity index is 2.59. The van der Waals surface area contributed by atoms with E-state index in [0.29, 0.717) is 6.42 Å². The minimum Gasteiger partial charge on any atom is -0.247 e. The van der Waals surface area contributed by atoms with E-state index in [1.165, 1.54) is 0 Å². The predicted octanol–water partition coefficient (Wildman–Crippen LogP) is -0.435. The van der Waals surface area contributed by atoms with Gasteiger partial charge in [0.1, 0.15) is 0 Å². The molecule has 0 aliphatic carbocycles. The highest BCUT2D eigenvalue weighted by Crippen LogP contribution is 1.83. The highest BCUT2D eigenvalue weighted by Gasteiger charge is 2.00. The van der Waals surface area contributed by atoms with Crippen LogP contribution in [0.1, 0.15) is 6.42 Å². The number of hydrogen-bond acceptors (Lipinski definition) is 3. The lowest BCUT2D eigenvalue weighted by Gasteiger charge is -1.93. The third-order valence-corrected chi connectivity index (χ3v) is 1.47. The van der Waals surface area contributed by atoms with E-state index in [2.05, 4.69) is 20.2 Å². The summed E-state index contributed by atoms with van der Waals surface area (Å²) in [5.41, 5.74) is 6.99. The lowest BCUT2D eigenvalue weighted by atomic mass is 10.4. The van der Waals surface area contributed by atoms with Crippen molar-refractivity contribution in [2.45, 2.75) is 13.0 Å². The van der Waals surface area contributed by atoms with E-state index >= 15 is 0 Å². The molecule has 8 heteroatoms. The van der Waals surface area contributed by atoms with Crippen LogP contribution in [0.2, 0.25) is 0 Å². The fourth-order valence-electron chi connectivity index (χ4n) is 0.881. The fourth-order valence-corrected chi connectivity index (χ4v) is 0.881. The van der Waals surface area contributed by atoms with Gasteiger partial charge in [-0.25, -0.2) is 24.4 Å². The van der Waals surface area contributed by atoms with Crippen LogP contribution in [0.4, 0.5) is 0 Å². The molecule has 0 saturated heterocycles. The molecule has 1 heterocycles. The standard InChI is InChI=1S/C5H8N6O2/c6-10-7-2-1-3-11-4(12)8-9-5(11)13/h1-3H2,(H,8,12)(H,9,13). The number of H-pyrrole nitrogens is 2. The Labute approximate surface area is 71.8 Å². The highest BCUT2D eigenvalue weighted by atomic mass is 16.2.